The summed E-state index contributed by atoms with van der Waals surface area (Å²) in [4.78, 5) is 12.0. The minimum atomic E-state index is -0.298. The second-order valence-electron chi connectivity index (χ2n) is 4.53. The lowest BCUT2D eigenvalue weighted by molar-refractivity contribution is -0.111. The molecule has 0 radical (unpaired) electrons. The molecule has 0 bridgehead atoms. The standard InChI is InChI=1S/C17H15Cl2NO3/c1-22-15-5-3-4-11(17(15)23-2)6-9-16(21)20-12-7-8-13(18)14(19)10-12/h3-10H,1-2H3,(H,20,21)/b9-6+. The summed E-state index contributed by atoms with van der Waals surface area (Å²) in [6, 6.07) is 10.3. The van der Waals surface area contributed by atoms with Gasteiger partial charge in [-0.1, -0.05) is 35.3 Å². The molecule has 0 aromatic heterocycles. The van der Waals surface area contributed by atoms with Crippen molar-refractivity contribution in [1.82, 2.24) is 0 Å². The molecule has 0 heterocycles. The SMILES string of the molecule is COc1cccc(/C=C/C(=O)Nc2ccc(Cl)c(Cl)c2)c1OC. The number of amides is 1. The quantitative estimate of drug-likeness (QED) is 0.796. The first-order valence-corrected chi connectivity index (χ1v) is 7.46. The second-order valence-corrected chi connectivity index (χ2v) is 5.35. The van der Waals surface area contributed by atoms with Gasteiger partial charge in [-0.3, -0.25) is 4.79 Å². The topological polar surface area (TPSA) is 47.6 Å². The minimum absolute atomic E-state index is 0.298. The van der Waals surface area contributed by atoms with Gasteiger partial charge in [0.15, 0.2) is 11.5 Å². The predicted octanol–water partition coefficient (Wildman–Crippen LogP) is 4.66. The lowest BCUT2D eigenvalue weighted by Gasteiger charge is -2.09. The molecule has 4 nitrogen and oxygen atoms in total. The molecule has 1 amide bonds. The number of nitrogens with one attached hydrogen (secondary N) is 1. The van der Waals surface area contributed by atoms with Crippen molar-refractivity contribution in [2.45, 2.75) is 0 Å². The van der Waals surface area contributed by atoms with Crippen LogP contribution in [-0.2, 0) is 4.79 Å². The van der Waals surface area contributed by atoms with Gasteiger partial charge in [0.1, 0.15) is 0 Å². The number of rotatable bonds is 5. The van der Waals surface area contributed by atoms with Gasteiger partial charge in [-0.25, -0.2) is 0 Å². The van der Waals surface area contributed by atoms with Gasteiger partial charge in [0, 0.05) is 17.3 Å². The van der Waals surface area contributed by atoms with Crippen molar-refractivity contribution in [3.05, 3.63) is 58.1 Å². The summed E-state index contributed by atoms with van der Waals surface area (Å²) < 4.78 is 10.5. The van der Waals surface area contributed by atoms with Crippen LogP contribution in [0.3, 0.4) is 0 Å². The Morgan fingerprint density at radius 3 is 2.52 bits per heavy atom. The van der Waals surface area contributed by atoms with E-state index in [9.17, 15) is 4.79 Å². The molecule has 0 unspecified atom stereocenters. The molecular weight excluding hydrogens is 337 g/mol. The first-order chi connectivity index (χ1) is 11.0. The number of carbonyl (C=O) groups is 1. The van der Waals surface area contributed by atoms with E-state index in [1.54, 1.807) is 44.6 Å². The summed E-state index contributed by atoms with van der Waals surface area (Å²) in [5.41, 5.74) is 1.29. The molecule has 0 saturated heterocycles. The largest absolute Gasteiger partial charge is 0.493 e. The third kappa shape index (κ3) is 4.41. The second kappa shape index (κ2) is 7.90. The molecule has 0 aliphatic carbocycles. The number of ether oxygens (including phenoxy) is 2. The van der Waals surface area contributed by atoms with E-state index in [1.807, 2.05) is 12.1 Å². The van der Waals surface area contributed by atoms with Crippen LogP contribution in [0.1, 0.15) is 5.56 Å². The Hall–Kier alpha value is -2.17. The number of para-hydroxylation sites is 1. The third-order valence-electron chi connectivity index (χ3n) is 3.03. The Morgan fingerprint density at radius 2 is 1.87 bits per heavy atom. The van der Waals surface area contributed by atoms with Crippen molar-refractivity contribution in [2.24, 2.45) is 0 Å². The van der Waals surface area contributed by atoms with Crippen LogP contribution < -0.4 is 14.8 Å². The summed E-state index contributed by atoms with van der Waals surface area (Å²) in [6.45, 7) is 0. The van der Waals surface area contributed by atoms with Crippen LogP contribution in [0.2, 0.25) is 10.0 Å². The van der Waals surface area contributed by atoms with Crippen LogP contribution in [0.25, 0.3) is 6.08 Å². The fourth-order valence-electron chi connectivity index (χ4n) is 1.97. The molecule has 0 atom stereocenters. The van der Waals surface area contributed by atoms with Gasteiger partial charge >= 0.3 is 0 Å². The van der Waals surface area contributed by atoms with Crippen LogP contribution in [0, 0.1) is 0 Å². The molecular formula is C17H15Cl2NO3. The number of benzene rings is 2. The minimum Gasteiger partial charge on any atom is -0.493 e. The van der Waals surface area contributed by atoms with Gasteiger partial charge < -0.3 is 14.8 Å². The zero-order valence-corrected chi connectivity index (χ0v) is 14.1. The lowest BCUT2D eigenvalue weighted by Crippen LogP contribution is -2.07. The van der Waals surface area contributed by atoms with Gasteiger partial charge in [0.2, 0.25) is 5.91 Å². The van der Waals surface area contributed by atoms with Crippen molar-refractivity contribution in [1.29, 1.82) is 0 Å². The molecule has 0 fully saturated rings. The average molecular weight is 352 g/mol. The molecule has 0 aliphatic rings. The third-order valence-corrected chi connectivity index (χ3v) is 3.77. The normalized spacial score (nSPS) is 10.6. The average Bonchev–Trinajstić information content (AvgIpc) is 2.55. The smallest absolute Gasteiger partial charge is 0.248 e. The van der Waals surface area contributed by atoms with Gasteiger partial charge in [-0.15, -0.1) is 0 Å². The molecule has 2 rings (SSSR count). The molecule has 6 heteroatoms. The Morgan fingerprint density at radius 1 is 1.09 bits per heavy atom. The van der Waals surface area contributed by atoms with Gasteiger partial charge in [-0.2, -0.15) is 0 Å². The van der Waals surface area contributed by atoms with E-state index in [0.29, 0.717) is 27.2 Å². The van der Waals surface area contributed by atoms with E-state index < -0.39 is 0 Å². The molecule has 2 aromatic carbocycles. The maximum atomic E-state index is 12.0. The Labute approximate surface area is 144 Å². The van der Waals surface area contributed by atoms with Crippen molar-refractivity contribution in [3.8, 4) is 11.5 Å². The number of anilines is 1. The van der Waals surface area contributed by atoms with Crippen LogP contribution in [-0.4, -0.2) is 20.1 Å². The number of carbonyl (C=O) groups excluding carboxylic acids is 1. The Balaban J connectivity index is 2.13. The summed E-state index contributed by atoms with van der Waals surface area (Å²) in [7, 11) is 3.10. The molecule has 0 saturated carbocycles. The zero-order chi connectivity index (χ0) is 16.8. The van der Waals surface area contributed by atoms with Crippen molar-refractivity contribution in [3.63, 3.8) is 0 Å². The number of halogens is 2. The number of hydrogen-bond acceptors (Lipinski definition) is 3. The molecule has 1 N–H and O–H groups in total. The van der Waals surface area contributed by atoms with E-state index in [2.05, 4.69) is 5.32 Å². The molecule has 2 aromatic rings. The Bertz CT molecular complexity index is 745. The molecule has 120 valence electrons. The maximum absolute atomic E-state index is 12.0. The zero-order valence-electron chi connectivity index (χ0n) is 12.6. The molecule has 0 spiro atoms. The van der Waals surface area contributed by atoms with Gasteiger partial charge in [0.05, 0.1) is 24.3 Å². The van der Waals surface area contributed by atoms with Crippen LogP contribution in [0.4, 0.5) is 5.69 Å². The van der Waals surface area contributed by atoms with Crippen molar-refractivity contribution >= 4 is 40.9 Å². The van der Waals surface area contributed by atoms with Gasteiger partial charge in [0.25, 0.3) is 0 Å². The van der Waals surface area contributed by atoms with E-state index in [0.717, 1.165) is 5.56 Å². The van der Waals surface area contributed by atoms with Gasteiger partial charge in [-0.05, 0) is 30.3 Å². The first kappa shape index (κ1) is 17.2. The van der Waals surface area contributed by atoms with Crippen molar-refractivity contribution < 1.29 is 14.3 Å². The molecule has 0 aliphatic heterocycles. The van der Waals surface area contributed by atoms with Crippen LogP contribution >= 0.6 is 23.2 Å². The number of methoxy groups -OCH3 is 2. The number of hydrogen-bond donors (Lipinski definition) is 1. The maximum Gasteiger partial charge on any atom is 0.248 e. The summed E-state index contributed by atoms with van der Waals surface area (Å²) >= 11 is 11.7. The monoisotopic (exact) mass is 351 g/mol. The summed E-state index contributed by atoms with van der Waals surface area (Å²) in [6.07, 6.45) is 3.05. The highest BCUT2D eigenvalue weighted by molar-refractivity contribution is 6.42. The van der Waals surface area contributed by atoms with Crippen LogP contribution in [0.5, 0.6) is 11.5 Å². The molecule has 23 heavy (non-hydrogen) atoms. The Kier molecular flexibility index (Phi) is 5.90. The first-order valence-electron chi connectivity index (χ1n) is 6.70. The van der Waals surface area contributed by atoms with E-state index in [-0.39, 0.29) is 5.91 Å². The highest BCUT2D eigenvalue weighted by Gasteiger charge is 2.07. The summed E-state index contributed by atoms with van der Waals surface area (Å²) in [5, 5.41) is 3.51. The fourth-order valence-corrected chi connectivity index (χ4v) is 2.26. The highest BCUT2D eigenvalue weighted by Crippen LogP contribution is 2.31. The van der Waals surface area contributed by atoms with E-state index in [1.165, 1.54) is 6.08 Å². The van der Waals surface area contributed by atoms with Crippen molar-refractivity contribution in [2.75, 3.05) is 19.5 Å². The fraction of sp³-hybridized carbons (Fsp3) is 0.118. The van der Waals surface area contributed by atoms with E-state index >= 15 is 0 Å². The predicted molar refractivity (Wildman–Crippen MR) is 93.7 cm³/mol. The van der Waals surface area contributed by atoms with Crippen LogP contribution in [0.15, 0.2) is 42.5 Å². The highest BCUT2D eigenvalue weighted by atomic mass is 35.5. The summed E-state index contributed by atoms with van der Waals surface area (Å²) in [5.74, 6) is 0.862. The lowest BCUT2D eigenvalue weighted by atomic mass is 10.1. The van der Waals surface area contributed by atoms with E-state index in [4.69, 9.17) is 32.7 Å².